The lowest BCUT2D eigenvalue weighted by atomic mass is 10.2. The summed E-state index contributed by atoms with van der Waals surface area (Å²) in [4.78, 5) is 12.1. The Labute approximate surface area is 153 Å². The first-order chi connectivity index (χ1) is 11.8. The number of benzene rings is 2. The molecule has 0 aromatic heterocycles. The van der Waals surface area contributed by atoms with Crippen molar-refractivity contribution in [2.45, 2.75) is 19.8 Å². The molecule has 0 aliphatic carbocycles. The SMILES string of the molecule is Cc1cc(Cl)ccc1NC(=O)CCCN(c1ccccc1)S(C)(=O)=O. The first-order valence-electron chi connectivity index (χ1n) is 7.86. The Morgan fingerprint density at radius 2 is 1.84 bits per heavy atom. The second kappa shape index (κ2) is 8.36. The summed E-state index contributed by atoms with van der Waals surface area (Å²) in [6.07, 6.45) is 1.80. The summed E-state index contributed by atoms with van der Waals surface area (Å²) in [5, 5.41) is 3.44. The van der Waals surface area contributed by atoms with Gasteiger partial charge in [0.1, 0.15) is 0 Å². The number of rotatable bonds is 7. The van der Waals surface area contributed by atoms with E-state index in [0.29, 0.717) is 22.8 Å². The van der Waals surface area contributed by atoms with Gasteiger partial charge in [-0.15, -0.1) is 0 Å². The van der Waals surface area contributed by atoms with E-state index in [1.54, 1.807) is 42.5 Å². The number of carbonyl (C=O) groups excluding carboxylic acids is 1. The highest BCUT2D eigenvalue weighted by atomic mass is 35.5. The van der Waals surface area contributed by atoms with Gasteiger partial charge in [0.05, 0.1) is 11.9 Å². The van der Waals surface area contributed by atoms with Crippen molar-refractivity contribution in [1.29, 1.82) is 0 Å². The maximum absolute atomic E-state index is 12.1. The van der Waals surface area contributed by atoms with Crippen LogP contribution in [0.5, 0.6) is 0 Å². The summed E-state index contributed by atoms with van der Waals surface area (Å²) >= 11 is 5.90. The molecule has 0 saturated heterocycles. The number of hydrogen-bond donors (Lipinski definition) is 1. The fraction of sp³-hybridized carbons (Fsp3) is 0.278. The van der Waals surface area contributed by atoms with Gasteiger partial charge in [0.25, 0.3) is 0 Å². The van der Waals surface area contributed by atoms with E-state index in [1.165, 1.54) is 4.31 Å². The van der Waals surface area contributed by atoms with Crippen LogP contribution >= 0.6 is 11.6 Å². The standard InChI is InChI=1S/C18H21ClN2O3S/c1-14-13-15(19)10-11-17(14)20-18(22)9-6-12-21(25(2,23)24)16-7-4-3-5-8-16/h3-5,7-8,10-11,13H,6,9,12H2,1-2H3,(H,20,22). The maximum atomic E-state index is 12.1. The van der Waals surface area contributed by atoms with Crippen LogP contribution in [0.2, 0.25) is 5.02 Å². The molecule has 0 radical (unpaired) electrons. The molecular weight excluding hydrogens is 360 g/mol. The van der Waals surface area contributed by atoms with Crippen molar-refractivity contribution < 1.29 is 13.2 Å². The number of aryl methyl sites for hydroxylation is 1. The topological polar surface area (TPSA) is 66.5 Å². The van der Waals surface area contributed by atoms with Crippen LogP contribution in [-0.4, -0.2) is 27.1 Å². The molecule has 2 aromatic carbocycles. The average Bonchev–Trinajstić information content (AvgIpc) is 2.54. The summed E-state index contributed by atoms with van der Waals surface area (Å²) < 4.78 is 25.3. The van der Waals surface area contributed by atoms with Crippen molar-refractivity contribution >= 4 is 38.9 Å². The Bertz CT molecular complexity index is 839. The van der Waals surface area contributed by atoms with E-state index in [-0.39, 0.29) is 18.9 Å². The molecule has 7 heteroatoms. The average molecular weight is 381 g/mol. The van der Waals surface area contributed by atoms with Gasteiger partial charge in [-0.25, -0.2) is 8.42 Å². The zero-order valence-corrected chi connectivity index (χ0v) is 15.8. The predicted octanol–water partition coefficient (Wildman–Crippen LogP) is 3.83. The zero-order chi connectivity index (χ0) is 18.4. The molecule has 2 rings (SSSR count). The molecule has 0 saturated carbocycles. The van der Waals surface area contributed by atoms with Gasteiger partial charge in [0.2, 0.25) is 15.9 Å². The largest absolute Gasteiger partial charge is 0.326 e. The van der Waals surface area contributed by atoms with E-state index in [1.807, 2.05) is 13.0 Å². The van der Waals surface area contributed by atoms with Crippen molar-refractivity contribution in [3.8, 4) is 0 Å². The van der Waals surface area contributed by atoms with Crippen molar-refractivity contribution in [3.63, 3.8) is 0 Å². The van der Waals surface area contributed by atoms with Crippen LogP contribution in [0, 0.1) is 6.92 Å². The van der Waals surface area contributed by atoms with Gasteiger partial charge in [-0.2, -0.15) is 0 Å². The molecule has 25 heavy (non-hydrogen) atoms. The van der Waals surface area contributed by atoms with E-state index < -0.39 is 10.0 Å². The minimum absolute atomic E-state index is 0.160. The van der Waals surface area contributed by atoms with Crippen LogP contribution in [0.3, 0.4) is 0 Å². The third-order valence-electron chi connectivity index (χ3n) is 3.67. The molecule has 0 unspecified atom stereocenters. The van der Waals surface area contributed by atoms with E-state index in [0.717, 1.165) is 11.8 Å². The fourth-order valence-electron chi connectivity index (χ4n) is 2.44. The molecule has 0 heterocycles. The Kier molecular flexibility index (Phi) is 6.45. The zero-order valence-electron chi connectivity index (χ0n) is 14.2. The second-order valence-electron chi connectivity index (χ2n) is 5.78. The Morgan fingerprint density at radius 3 is 2.44 bits per heavy atom. The molecule has 1 N–H and O–H groups in total. The first-order valence-corrected chi connectivity index (χ1v) is 10.1. The summed E-state index contributed by atoms with van der Waals surface area (Å²) in [6.45, 7) is 2.11. The monoisotopic (exact) mass is 380 g/mol. The van der Waals surface area contributed by atoms with Gasteiger partial charge >= 0.3 is 0 Å². The lowest BCUT2D eigenvalue weighted by molar-refractivity contribution is -0.116. The van der Waals surface area contributed by atoms with Gasteiger partial charge in [0.15, 0.2) is 0 Å². The van der Waals surface area contributed by atoms with Crippen LogP contribution in [0.25, 0.3) is 0 Å². The molecule has 5 nitrogen and oxygen atoms in total. The number of hydrogen-bond acceptors (Lipinski definition) is 3. The van der Waals surface area contributed by atoms with E-state index >= 15 is 0 Å². The predicted molar refractivity (Wildman–Crippen MR) is 103 cm³/mol. The van der Waals surface area contributed by atoms with Gasteiger partial charge in [-0.1, -0.05) is 29.8 Å². The highest BCUT2D eigenvalue weighted by molar-refractivity contribution is 7.92. The summed E-state index contributed by atoms with van der Waals surface area (Å²) in [7, 11) is -3.40. The Balaban J connectivity index is 1.94. The van der Waals surface area contributed by atoms with Gasteiger partial charge < -0.3 is 5.32 Å². The first kappa shape index (κ1) is 19.3. The van der Waals surface area contributed by atoms with Crippen LogP contribution in [0.1, 0.15) is 18.4 Å². The molecule has 0 fully saturated rings. The number of halogens is 1. The van der Waals surface area contributed by atoms with Gasteiger partial charge in [0, 0.05) is 23.7 Å². The molecule has 1 amide bonds. The lowest BCUT2D eigenvalue weighted by Crippen LogP contribution is -2.31. The van der Waals surface area contributed by atoms with Crippen molar-refractivity contribution in [2.24, 2.45) is 0 Å². The summed E-state index contributed by atoms with van der Waals surface area (Å²) in [6, 6.07) is 14.1. The van der Waals surface area contributed by atoms with Gasteiger partial charge in [-0.3, -0.25) is 9.10 Å². The number of amides is 1. The number of anilines is 2. The lowest BCUT2D eigenvalue weighted by Gasteiger charge is -2.22. The quantitative estimate of drug-likeness (QED) is 0.793. The van der Waals surface area contributed by atoms with Crippen LogP contribution in [-0.2, 0) is 14.8 Å². The van der Waals surface area contributed by atoms with Crippen molar-refractivity contribution in [1.82, 2.24) is 0 Å². The second-order valence-corrected chi connectivity index (χ2v) is 8.12. The molecule has 134 valence electrons. The van der Waals surface area contributed by atoms with Crippen LogP contribution in [0.4, 0.5) is 11.4 Å². The maximum Gasteiger partial charge on any atom is 0.232 e. The number of carbonyl (C=O) groups is 1. The number of nitrogens with one attached hydrogen (secondary N) is 1. The van der Waals surface area contributed by atoms with Crippen molar-refractivity contribution in [2.75, 3.05) is 22.4 Å². The Morgan fingerprint density at radius 1 is 1.16 bits per heavy atom. The molecular formula is C18H21ClN2O3S. The smallest absolute Gasteiger partial charge is 0.232 e. The Hall–Kier alpha value is -2.05. The highest BCUT2D eigenvalue weighted by Crippen LogP contribution is 2.20. The number of sulfonamides is 1. The highest BCUT2D eigenvalue weighted by Gasteiger charge is 2.17. The molecule has 0 bridgehead atoms. The third kappa shape index (κ3) is 5.76. The van der Waals surface area contributed by atoms with Gasteiger partial charge in [-0.05, 0) is 49.2 Å². The minimum atomic E-state index is -3.40. The van der Waals surface area contributed by atoms with E-state index in [2.05, 4.69) is 5.32 Å². The van der Waals surface area contributed by atoms with E-state index in [9.17, 15) is 13.2 Å². The number of para-hydroxylation sites is 1. The molecule has 2 aromatic rings. The minimum Gasteiger partial charge on any atom is -0.326 e. The van der Waals surface area contributed by atoms with Crippen LogP contribution in [0.15, 0.2) is 48.5 Å². The molecule has 0 spiro atoms. The van der Waals surface area contributed by atoms with Crippen molar-refractivity contribution in [3.05, 3.63) is 59.1 Å². The summed E-state index contributed by atoms with van der Waals surface area (Å²) in [5.41, 5.74) is 2.18. The molecule has 0 aliphatic rings. The third-order valence-corrected chi connectivity index (χ3v) is 5.10. The fourth-order valence-corrected chi connectivity index (χ4v) is 3.64. The van der Waals surface area contributed by atoms with Crippen LogP contribution < -0.4 is 9.62 Å². The summed E-state index contributed by atoms with van der Waals surface area (Å²) in [5.74, 6) is -0.160. The number of nitrogens with zero attached hydrogens (tertiary/aromatic N) is 1. The molecule has 0 aliphatic heterocycles. The van der Waals surface area contributed by atoms with E-state index in [4.69, 9.17) is 11.6 Å². The molecule has 0 atom stereocenters. The normalized spacial score (nSPS) is 11.2.